The van der Waals surface area contributed by atoms with Crippen molar-refractivity contribution in [2.75, 3.05) is 38.1 Å². The first-order valence-corrected chi connectivity index (χ1v) is 10.2. The number of nitrogens with zero attached hydrogens (tertiary/aromatic N) is 2. The maximum absolute atomic E-state index is 12.3. The van der Waals surface area contributed by atoms with Gasteiger partial charge in [-0.25, -0.2) is 0 Å². The van der Waals surface area contributed by atoms with E-state index in [4.69, 9.17) is 4.42 Å². The maximum Gasteiger partial charge on any atom is 0.244 e. The van der Waals surface area contributed by atoms with Crippen LogP contribution in [0, 0.1) is 5.92 Å². The van der Waals surface area contributed by atoms with Gasteiger partial charge in [0.2, 0.25) is 5.91 Å². The molecule has 148 valence electrons. The van der Waals surface area contributed by atoms with Crippen molar-refractivity contribution in [3.63, 3.8) is 0 Å². The van der Waals surface area contributed by atoms with E-state index in [1.807, 2.05) is 18.2 Å². The fourth-order valence-corrected chi connectivity index (χ4v) is 3.79. The van der Waals surface area contributed by atoms with Crippen LogP contribution >= 0.6 is 0 Å². The lowest BCUT2D eigenvalue weighted by molar-refractivity contribution is -0.116. The summed E-state index contributed by atoms with van der Waals surface area (Å²) >= 11 is 0. The van der Waals surface area contributed by atoms with Crippen molar-refractivity contribution in [3.05, 3.63) is 59.6 Å². The molecule has 2 aliphatic rings. The highest BCUT2D eigenvalue weighted by Gasteiger charge is 2.36. The van der Waals surface area contributed by atoms with Crippen LogP contribution in [0.1, 0.15) is 36.3 Å². The molecule has 0 bridgehead atoms. The van der Waals surface area contributed by atoms with Crippen LogP contribution in [0.5, 0.6) is 0 Å². The first kappa shape index (κ1) is 18.8. The molecule has 1 aromatic carbocycles. The van der Waals surface area contributed by atoms with Crippen molar-refractivity contribution in [3.8, 4) is 0 Å². The van der Waals surface area contributed by atoms with Crippen LogP contribution in [-0.2, 0) is 11.3 Å². The quantitative estimate of drug-likeness (QED) is 0.781. The number of hydrogen-bond acceptors (Lipinski definition) is 4. The van der Waals surface area contributed by atoms with Crippen LogP contribution in [-0.4, -0.2) is 44.0 Å². The fraction of sp³-hybridized carbons (Fsp3) is 0.435. The Hall–Kier alpha value is -2.53. The van der Waals surface area contributed by atoms with E-state index >= 15 is 0 Å². The summed E-state index contributed by atoms with van der Waals surface area (Å²) in [6.45, 7) is 6.91. The van der Waals surface area contributed by atoms with Crippen LogP contribution in [0.3, 0.4) is 0 Å². The number of rotatable bonds is 6. The van der Waals surface area contributed by atoms with Gasteiger partial charge >= 0.3 is 0 Å². The van der Waals surface area contributed by atoms with E-state index in [2.05, 4.69) is 47.3 Å². The van der Waals surface area contributed by atoms with Crippen molar-refractivity contribution in [1.82, 2.24) is 10.2 Å². The van der Waals surface area contributed by atoms with E-state index in [1.165, 1.54) is 12.1 Å². The third kappa shape index (κ3) is 4.47. The number of nitrogens with one attached hydrogen (secondary N) is 1. The van der Waals surface area contributed by atoms with E-state index in [-0.39, 0.29) is 5.91 Å². The number of carbonyl (C=O) groups is 1. The summed E-state index contributed by atoms with van der Waals surface area (Å²) in [7, 11) is 2.16. The highest BCUT2D eigenvalue weighted by molar-refractivity contribution is 5.91. The predicted molar refractivity (Wildman–Crippen MR) is 112 cm³/mol. The molecule has 1 aromatic heterocycles. The number of furan rings is 1. The van der Waals surface area contributed by atoms with Crippen LogP contribution in [0.25, 0.3) is 6.08 Å². The Morgan fingerprint density at radius 1 is 1.18 bits per heavy atom. The van der Waals surface area contributed by atoms with Gasteiger partial charge in [-0.2, -0.15) is 0 Å². The lowest BCUT2D eigenvalue weighted by atomic mass is 10.1. The molecule has 5 heteroatoms. The zero-order chi connectivity index (χ0) is 19.5. The molecule has 1 saturated carbocycles. The first-order valence-electron chi connectivity index (χ1n) is 10.2. The van der Waals surface area contributed by atoms with Crippen molar-refractivity contribution < 1.29 is 9.21 Å². The summed E-state index contributed by atoms with van der Waals surface area (Å²) in [6.07, 6.45) is 4.50. The van der Waals surface area contributed by atoms with E-state index in [0.717, 1.165) is 43.3 Å². The first-order chi connectivity index (χ1) is 13.6. The zero-order valence-corrected chi connectivity index (χ0v) is 16.7. The summed E-state index contributed by atoms with van der Waals surface area (Å²) in [5.41, 5.74) is 2.37. The lowest BCUT2D eigenvalue weighted by Gasteiger charge is -2.35. The number of likely N-dealkylation sites (N-methyl/N-ethyl adjacent to an activating group) is 1. The summed E-state index contributed by atoms with van der Waals surface area (Å²) in [5.74, 6) is 2.94. The molecule has 1 N–H and O–H groups in total. The topological polar surface area (TPSA) is 48.7 Å². The van der Waals surface area contributed by atoms with Crippen LogP contribution in [0.2, 0.25) is 0 Å². The number of amides is 1. The normalized spacial score (nSPS) is 22.6. The van der Waals surface area contributed by atoms with Gasteiger partial charge in [0.1, 0.15) is 11.5 Å². The van der Waals surface area contributed by atoms with Gasteiger partial charge in [0.25, 0.3) is 0 Å². The molecule has 0 radical (unpaired) electrons. The second kappa shape index (κ2) is 8.23. The second-order valence-electron chi connectivity index (χ2n) is 8.03. The lowest BCUT2D eigenvalue weighted by Crippen LogP contribution is -2.45. The van der Waals surface area contributed by atoms with Gasteiger partial charge in [-0.15, -0.1) is 0 Å². The van der Waals surface area contributed by atoms with Gasteiger partial charge in [-0.1, -0.05) is 25.1 Å². The predicted octanol–water partition coefficient (Wildman–Crippen LogP) is 3.48. The Morgan fingerprint density at radius 2 is 1.93 bits per heavy atom. The molecule has 1 saturated heterocycles. The molecule has 1 aliphatic heterocycles. The fourth-order valence-electron chi connectivity index (χ4n) is 3.79. The van der Waals surface area contributed by atoms with Crippen LogP contribution in [0.4, 0.5) is 5.69 Å². The largest absolute Gasteiger partial charge is 0.461 e. The molecule has 4 rings (SSSR count). The molecule has 5 nitrogen and oxygen atoms in total. The zero-order valence-electron chi connectivity index (χ0n) is 16.7. The van der Waals surface area contributed by atoms with Crippen LogP contribution in [0.15, 0.2) is 46.9 Å². The number of para-hydroxylation sites is 1. The average Bonchev–Trinajstić information content (AvgIpc) is 3.25. The minimum Gasteiger partial charge on any atom is -0.461 e. The summed E-state index contributed by atoms with van der Waals surface area (Å²) in [4.78, 5) is 17.0. The van der Waals surface area contributed by atoms with Crippen molar-refractivity contribution in [2.24, 2.45) is 5.92 Å². The standard InChI is InChI=1S/C23H29N3O2/c1-17-15-20(17)22-9-7-19(28-22)8-10-23(27)24-16-18-5-3-4-6-21(18)26-13-11-25(2)12-14-26/h3-10,17,20H,11-16H2,1-2H3,(H,24,27)/b10-8+. The second-order valence-corrected chi connectivity index (χ2v) is 8.03. The SMILES string of the molecule is CC1CC1c1ccc(/C=C/C(=O)NCc2ccccc2N2CCN(C)CC2)o1. The Morgan fingerprint density at radius 3 is 2.68 bits per heavy atom. The highest BCUT2D eigenvalue weighted by Crippen LogP contribution is 2.47. The summed E-state index contributed by atoms with van der Waals surface area (Å²) in [6, 6.07) is 12.3. The summed E-state index contributed by atoms with van der Waals surface area (Å²) < 4.78 is 5.82. The molecular formula is C23H29N3O2. The number of carbonyl (C=O) groups excluding carboxylic acids is 1. The Kier molecular flexibility index (Phi) is 5.53. The van der Waals surface area contributed by atoms with Gasteiger partial charge in [0.15, 0.2) is 0 Å². The number of hydrogen-bond donors (Lipinski definition) is 1. The molecule has 2 unspecified atom stereocenters. The Bertz CT molecular complexity index is 849. The summed E-state index contributed by atoms with van der Waals surface area (Å²) in [5, 5.41) is 3.00. The molecule has 2 aromatic rings. The Labute approximate surface area is 167 Å². The average molecular weight is 380 g/mol. The molecule has 1 aliphatic carbocycles. The number of anilines is 1. The molecule has 2 atom stereocenters. The van der Waals surface area contributed by atoms with E-state index in [9.17, 15) is 4.79 Å². The minimum absolute atomic E-state index is 0.106. The molecule has 2 fully saturated rings. The van der Waals surface area contributed by atoms with Gasteiger partial charge < -0.3 is 19.5 Å². The molecule has 28 heavy (non-hydrogen) atoms. The van der Waals surface area contributed by atoms with Crippen molar-refractivity contribution in [2.45, 2.75) is 25.8 Å². The van der Waals surface area contributed by atoms with Crippen LogP contribution < -0.4 is 10.2 Å². The number of benzene rings is 1. The molecule has 2 heterocycles. The van der Waals surface area contributed by atoms with Gasteiger partial charge in [0.05, 0.1) is 0 Å². The number of piperazine rings is 1. The Balaban J connectivity index is 1.33. The molecular weight excluding hydrogens is 350 g/mol. The van der Waals surface area contributed by atoms with Gasteiger partial charge in [-0.05, 0) is 49.2 Å². The van der Waals surface area contributed by atoms with Gasteiger partial charge in [0, 0.05) is 50.4 Å². The molecule has 1 amide bonds. The van der Waals surface area contributed by atoms with E-state index < -0.39 is 0 Å². The minimum atomic E-state index is -0.106. The van der Waals surface area contributed by atoms with E-state index in [1.54, 1.807) is 12.2 Å². The van der Waals surface area contributed by atoms with E-state index in [0.29, 0.717) is 18.4 Å². The third-order valence-corrected chi connectivity index (χ3v) is 5.81. The maximum atomic E-state index is 12.3. The highest BCUT2D eigenvalue weighted by atomic mass is 16.3. The molecule has 0 spiro atoms. The van der Waals surface area contributed by atoms with Gasteiger partial charge in [-0.3, -0.25) is 4.79 Å². The third-order valence-electron chi connectivity index (χ3n) is 5.81. The van der Waals surface area contributed by atoms with Crippen molar-refractivity contribution >= 4 is 17.7 Å². The van der Waals surface area contributed by atoms with Crippen molar-refractivity contribution in [1.29, 1.82) is 0 Å². The smallest absolute Gasteiger partial charge is 0.244 e. The monoisotopic (exact) mass is 379 g/mol.